The van der Waals surface area contributed by atoms with Crippen LogP contribution in [0.5, 0.6) is 0 Å². The minimum atomic E-state index is -0.249. The van der Waals surface area contributed by atoms with Crippen molar-refractivity contribution in [1.82, 2.24) is 24.6 Å². The third-order valence-corrected chi connectivity index (χ3v) is 5.85. The number of aromatic nitrogens is 4. The van der Waals surface area contributed by atoms with Gasteiger partial charge in [0.15, 0.2) is 5.82 Å². The highest BCUT2D eigenvalue weighted by Gasteiger charge is 2.20. The lowest BCUT2D eigenvalue weighted by Gasteiger charge is -2.27. The monoisotopic (exact) mass is 433 g/mol. The lowest BCUT2D eigenvalue weighted by atomic mass is 10.1. The molecule has 2 aromatic carbocycles. The Balaban J connectivity index is 1.31. The van der Waals surface area contributed by atoms with Crippen LogP contribution in [0.25, 0.3) is 17.1 Å². The molecule has 0 unspecified atom stereocenters. The van der Waals surface area contributed by atoms with Crippen molar-refractivity contribution in [1.29, 1.82) is 0 Å². The summed E-state index contributed by atoms with van der Waals surface area (Å²) in [6.45, 7) is 4.53. The van der Waals surface area contributed by atoms with E-state index in [1.165, 1.54) is 12.1 Å². The summed E-state index contributed by atoms with van der Waals surface area (Å²) < 4.78 is 15.0. The maximum atomic E-state index is 13.2. The van der Waals surface area contributed by atoms with E-state index in [4.69, 9.17) is 16.6 Å². The van der Waals surface area contributed by atoms with Gasteiger partial charge in [-0.25, -0.2) is 19.0 Å². The van der Waals surface area contributed by atoms with Gasteiger partial charge in [-0.1, -0.05) is 11.6 Å². The molecule has 156 valence electrons. The van der Waals surface area contributed by atoms with Gasteiger partial charge in [0, 0.05) is 60.2 Å². The average Bonchev–Trinajstić information content (AvgIpc) is 3.14. The van der Waals surface area contributed by atoms with Crippen LogP contribution in [-0.2, 0) is 19.5 Å². The Labute approximate surface area is 185 Å². The second-order valence-electron chi connectivity index (χ2n) is 7.79. The van der Waals surface area contributed by atoms with E-state index >= 15 is 0 Å². The smallest absolute Gasteiger partial charge is 0.159 e. The molecule has 0 atom stereocenters. The maximum absolute atomic E-state index is 13.2. The highest BCUT2D eigenvalue weighted by molar-refractivity contribution is 6.30. The van der Waals surface area contributed by atoms with Gasteiger partial charge < -0.3 is 0 Å². The normalized spacial score (nSPS) is 13.9. The zero-order chi connectivity index (χ0) is 21.4. The number of nitrogens with zero attached hydrogens (tertiary/aromatic N) is 5. The molecular formula is C24H21ClFN5. The minimum Gasteiger partial charge on any atom is -0.294 e. The predicted molar refractivity (Wildman–Crippen MR) is 119 cm³/mol. The fourth-order valence-corrected chi connectivity index (χ4v) is 3.99. The Hall–Kier alpha value is -3.09. The van der Waals surface area contributed by atoms with E-state index in [9.17, 15) is 4.39 Å². The molecule has 2 aromatic heterocycles. The fourth-order valence-electron chi connectivity index (χ4n) is 3.87. The molecule has 0 radical (unpaired) electrons. The number of hydrogen-bond donors (Lipinski definition) is 0. The van der Waals surface area contributed by atoms with Gasteiger partial charge in [-0.3, -0.25) is 4.90 Å². The van der Waals surface area contributed by atoms with Gasteiger partial charge in [-0.05, 0) is 55.5 Å². The van der Waals surface area contributed by atoms with Gasteiger partial charge in [-0.2, -0.15) is 5.10 Å². The number of aryl methyl sites for hydroxylation is 1. The van der Waals surface area contributed by atoms with E-state index in [2.05, 4.69) is 15.0 Å². The van der Waals surface area contributed by atoms with Crippen LogP contribution in [0.3, 0.4) is 0 Å². The zero-order valence-corrected chi connectivity index (χ0v) is 17.8. The number of hydrogen-bond acceptors (Lipinski definition) is 4. The fraction of sp³-hybridized carbons (Fsp3) is 0.208. The zero-order valence-electron chi connectivity index (χ0n) is 17.1. The van der Waals surface area contributed by atoms with E-state index in [1.54, 1.807) is 12.1 Å². The van der Waals surface area contributed by atoms with E-state index in [0.29, 0.717) is 5.02 Å². The standard InChI is InChI=1S/C24H21ClFN5/c1-16-19(15-31(29-16)22-8-6-21(26)7-9-22)14-30-11-10-23-18(13-30)12-27-24(28-23)17-2-4-20(25)5-3-17/h2-9,12,15H,10-11,13-14H2,1H3. The molecule has 0 aliphatic carbocycles. The van der Waals surface area contributed by atoms with Gasteiger partial charge in [-0.15, -0.1) is 0 Å². The van der Waals surface area contributed by atoms with Crippen molar-refractivity contribution in [2.45, 2.75) is 26.4 Å². The summed E-state index contributed by atoms with van der Waals surface area (Å²) >= 11 is 5.98. The minimum absolute atomic E-state index is 0.249. The van der Waals surface area contributed by atoms with Crippen LogP contribution in [0, 0.1) is 12.7 Å². The van der Waals surface area contributed by atoms with Gasteiger partial charge >= 0.3 is 0 Å². The lowest BCUT2D eigenvalue weighted by molar-refractivity contribution is 0.242. The molecule has 0 fully saturated rings. The predicted octanol–water partition coefficient (Wildman–Crippen LogP) is 4.99. The first-order valence-electron chi connectivity index (χ1n) is 10.2. The molecule has 0 saturated heterocycles. The highest BCUT2D eigenvalue weighted by Crippen LogP contribution is 2.24. The van der Waals surface area contributed by atoms with E-state index in [1.807, 2.05) is 48.3 Å². The highest BCUT2D eigenvalue weighted by atomic mass is 35.5. The molecule has 0 bridgehead atoms. The molecule has 31 heavy (non-hydrogen) atoms. The Kier molecular flexibility index (Phi) is 5.26. The molecule has 1 aliphatic rings. The van der Waals surface area contributed by atoms with Crippen LogP contribution < -0.4 is 0 Å². The first-order valence-corrected chi connectivity index (χ1v) is 10.6. The summed E-state index contributed by atoms with van der Waals surface area (Å²) in [5.41, 5.74) is 6.22. The van der Waals surface area contributed by atoms with Crippen molar-refractivity contribution in [2.75, 3.05) is 6.54 Å². The number of fused-ring (bicyclic) bond motifs is 1. The number of rotatable bonds is 4. The van der Waals surface area contributed by atoms with Gasteiger partial charge in [0.2, 0.25) is 0 Å². The Morgan fingerprint density at radius 3 is 2.61 bits per heavy atom. The largest absolute Gasteiger partial charge is 0.294 e. The Morgan fingerprint density at radius 1 is 1.06 bits per heavy atom. The van der Waals surface area contributed by atoms with Gasteiger partial charge in [0.25, 0.3) is 0 Å². The van der Waals surface area contributed by atoms with Crippen LogP contribution in [0.15, 0.2) is 60.9 Å². The van der Waals surface area contributed by atoms with Crippen LogP contribution in [0.1, 0.15) is 22.5 Å². The number of halogens is 2. The molecular weight excluding hydrogens is 413 g/mol. The van der Waals surface area contributed by atoms with Crippen molar-refractivity contribution in [3.63, 3.8) is 0 Å². The molecule has 5 nitrogen and oxygen atoms in total. The molecule has 0 spiro atoms. The summed E-state index contributed by atoms with van der Waals surface area (Å²) in [4.78, 5) is 11.8. The Bertz CT molecular complexity index is 1220. The molecule has 4 aromatic rings. The second-order valence-corrected chi connectivity index (χ2v) is 8.23. The topological polar surface area (TPSA) is 46.8 Å². The molecule has 5 rings (SSSR count). The summed E-state index contributed by atoms with van der Waals surface area (Å²) in [5, 5.41) is 5.31. The summed E-state index contributed by atoms with van der Waals surface area (Å²) in [7, 11) is 0. The SMILES string of the molecule is Cc1nn(-c2ccc(F)cc2)cc1CN1CCc2nc(-c3ccc(Cl)cc3)ncc2C1. The first kappa shape index (κ1) is 19.8. The first-order chi connectivity index (χ1) is 15.0. The molecule has 7 heteroatoms. The van der Waals surface area contributed by atoms with Crippen LogP contribution in [-0.4, -0.2) is 31.2 Å². The molecule has 1 aliphatic heterocycles. The molecule has 3 heterocycles. The summed E-state index contributed by atoms with van der Waals surface area (Å²) in [6.07, 6.45) is 4.84. The number of benzene rings is 2. The summed E-state index contributed by atoms with van der Waals surface area (Å²) in [5.74, 6) is 0.488. The second kappa shape index (κ2) is 8.21. The van der Waals surface area contributed by atoms with Crippen LogP contribution >= 0.6 is 11.6 Å². The molecule has 0 N–H and O–H groups in total. The van der Waals surface area contributed by atoms with Crippen molar-refractivity contribution in [3.8, 4) is 17.1 Å². The quantitative estimate of drug-likeness (QED) is 0.455. The summed E-state index contributed by atoms with van der Waals surface area (Å²) in [6, 6.07) is 14.0. The van der Waals surface area contributed by atoms with Crippen LogP contribution in [0.4, 0.5) is 4.39 Å². The van der Waals surface area contributed by atoms with Gasteiger partial charge in [0.1, 0.15) is 5.82 Å². The van der Waals surface area contributed by atoms with E-state index in [0.717, 1.165) is 65.6 Å². The average molecular weight is 434 g/mol. The Morgan fingerprint density at radius 2 is 1.84 bits per heavy atom. The van der Waals surface area contributed by atoms with Crippen molar-refractivity contribution in [2.24, 2.45) is 0 Å². The lowest BCUT2D eigenvalue weighted by Crippen LogP contribution is -2.31. The third-order valence-electron chi connectivity index (χ3n) is 5.60. The molecule has 0 saturated carbocycles. The third kappa shape index (κ3) is 4.22. The van der Waals surface area contributed by atoms with Crippen molar-refractivity contribution in [3.05, 3.63) is 94.3 Å². The van der Waals surface area contributed by atoms with Crippen molar-refractivity contribution >= 4 is 11.6 Å². The van der Waals surface area contributed by atoms with E-state index < -0.39 is 0 Å². The van der Waals surface area contributed by atoms with Crippen molar-refractivity contribution < 1.29 is 4.39 Å². The van der Waals surface area contributed by atoms with Gasteiger partial charge in [0.05, 0.1) is 17.1 Å². The molecule has 0 amide bonds. The maximum Gasteiger partial charge on any atom is 0.159 e. The van der Waals surface area contributed by atoms with Crippen LogP contribution in [0.2, 0.25) is 5.02 Å². The van der Waals surface area contributed by atoms with E-state index in [-0.39, 0.29) is 5.82 Å².